The van der Waals surface area contributed by atoms with Gasteiger partial charge in [-0.2, -0.15) is 0 Å². The van der Waals surface area contributed by atoms with Gasteiger partial charge in [0.15, 0.2) is 5.58 Å². The topological polar surface area (TPSA) is 38.9 Å². The Morgan fingerprint density at radius 1 is 0.962 bits per heavy atom. The SMILES string of the molecule is Cc1ccc2oc3c(-c4cc(C(C)C(C)C)ccn4)ccc(C)c3c2n1. The minimum Gasteiger partial charge on any atom is -0.454 e. The summed E-state index contributed by atoms with van der Waals surface area (Å²) in [6.07, 6.45) is 1.90. The van der Waals surface area contributed by atoms with Crippen molar-refractivity contribution in [3.8, 4) is 11.3 Å². The molecule has 0 fully saturated rings. The van der Waals surface area contributed by atoms with Crippen molar-refractivity contribution in [1.29, 1.82) is 0 Å². The van der Waals surface area contributed by atoms with E-state index in [0.717, 1.165) is 39.0 Å². The molecule has 0 aliphatic rings. The molecule has 0 radical (unpaired) electrons. The number of hydrogen-bond donors (Lipinski definition) is 0. The molecular weight excluding hydrogens is 320 g/mol. The van der Waals surface area contributed by atoms with Crippen molar-refractivity contribution in [3.63, 3.8) is 0 Å². The highest BCUT2D eigenvalue weighted by Crippen LogP contribution is 2.37. The van der Waals surface area contributed by atoms with Crippen molar-refractivity contribution >= 4 is 22.1 Å². The van der Waals surface area contributed by atoms with Gasteiger partial charge in [0.25, 0.3) is 0 Å². The fraction of sp³-hybridized carbons (Fsp3) is 0.304. The highest BCUT2D eigenvalue weighted by Gasteiger charge is 2.17. The van der Waals surface area contributed by atoms with E-state index in [9.17, 15) is 0 Å². The molecule has 0 amide bonds. The number of pyridine rings is 2. The maximum atomic E-state index is 6.22. The second kappa shape index (κ2) is 6.24. The molecule has 1 aromatic carbocycles. The lowest BCUT2D eigenvalue weighted by Crippen LogP contribution is -2.02. The Balaban J connectivity index is 1.97. The third-order valence-electron chi connectivity index (χ3n) is 5.40. The molecule has 26 heavy (non-hydrogen) atoms. The summed E-state index contributed by atoms with van der Waals surface area (Å²) in [5, 5.41) is 1.09. The molecule has 3 heteroatoms. The summed E-state index contributed by atoms with van der Waals surface area (Å²) in [6.45, 7) is 10.9. The lowest BCUT2D eigenvalue weighted by atomic mass is 9.90. The molecule has 4 aromatic rings. The van der Waals surface area contributed by atoms with Crippen molar-refractivity contribution in [2.75, 3.05) is 0 Å². The van der Waals surface area contributed by atoms with Crippen molar-refractivity contribution in [1.82, 2.24) is 9.97 Å². The Morgan fingerprint density at radius 3 is 2.54 bits per heavy atom. The number of furan rings is 1. The number of rotatable bonds is 3. The van der Waals surface area contributed by atoms with Gasteiger partial charge in [-0.1, -0.05) is 26.8 Å². The lowest BCUT2D eigenvalue weighted by Gasteiger charge is -2.16. The van der Waals surface area contributed by atoms with Crippen LogP contribution in [0.15, 0.2) is 47.0 Å². The maximum absolute atomic E-state index is 6.22. The Kier molecular flexibility index (Phi) is 4.03. The predicted octanol–water partition coefficient (Wildman–Crippen LogP) is 6.42. The van der Waals surface area contributed by atoms with E-state index < -0.39 is 0 Å². The van der Waals surface area contributed by atoms with Crippen LogP contribution in [0.1, 0.15) is 43.5 Å². The van der Waals surface area contributed by atoms with Gasteiger partial charge in [-0.15, -0.1) is 0 Å². The van der Waals surface area contributed by atoms with E-state index in [1.807, 2.05) is 25.3 Å². The number of fused-ring (bicyclic) bond motifs is 3. The normalized spacial score (nSPS) is 13.0. The standard InChI is InChI=1S/C23H24N2O/c1-13(2)16(5)17-10-11-24-19(12-17)18-8-6-14(3)21-22-20(26-23(18)21)9-7-15(4)25-22/h6-13,16H,1-5H3. The summed E-state index contributed by atoms with van der Waals surface area (Å²) in [7, 11) is 0. The summed E-state index contributed by atoms with van der Waals surface area (Å²) in [4.78, 5) is 9.35. The van der Waals surface area contributed by atoms with Crippen LogP contribution in [0.5, 0.6) is 0 Å². The molecule has 0 spiro atoms. The van der Waals surface area contributed by atoms with Crippen molar-refractivity contribution < 1.29 is 4.42 Å². The molecule has 0 saturated carbocycles. The van der Waals surface area contributed by atoms with Gasteiger partial charge in [-0.25, -0.2) is 4.98 Å². The fourth-order valence-corrected chi connectivity index (χ4v) is 3.46. The fourth-order valence-electron chi connectivity index (χ4n) is 3.46. The Hall–Kier alpha value is -2.68. The van der Waals surface area contributed by atoms with Gasteiger partial charge in [-0.05, 0) is 67.1 Å². The monoisotopic (exact) mass is 344 g/mol. The Bertz CT molecular complexity index is 1110. The molecule has 0 aliphatic heterocycles. The van der Waals surface area contributed by atoms with Crippen LogP contribution < -0.4 is 0 Å². The number of aryl methyl sites for hydroxylation is 2. The van der Waals surface area contributed by atoms with Gasteiger partial charge in [0.05, 0.1) is 11.1 Å². The first-order valence-corrected chi connectivity index (χ1v) is 9.21. The smallest absolute Gasteiger partial charge is 0.153 e. The summed E-state index contributed by atoms with van der Waals surface area (Å²) >= 11 is 0. The first-order valence-electron chi connectivity index (χ1n) is 9.21. The number of hydrogen-bond acceptors (Lipinski definition) is 3. The van der Waals surface area contributed by atoms with Crippen LogP contribution in [0.3, 0.4) is 0 Å². The maximum Gasteiger partial charge on any atom is 0.153 e. The van der Waals surface area contributed by atoms with Crippen LogP contribution in [0.25, 0.3) is 33.3 Å². The highest BCUT2D eigenvalue weighted by molar-refractivity contribution is 6.09. The summed E-state index contributed by atoms with van der Waals surface area (Å²) in [5.74, 6) is 1.07. The molecule has 0 aliphatic carbocycles. The van der Waals surface area contributed by atoms with E-state index in [4.69, 9.17) is 9.40 Å². The van der Waals surface area contributed by atoms with Gasteiger partial charge in [-0.3, -0.25) is 4.98 Å². The van der Waals surface area contributed by atoms with E-state index >= 15 is 0 Å². The van der Waals surface area contributed by atoms with Crippen LogP contribution in [-0.2, 0) is 0 Å². The van der Waals surface area contributed by atoms with Crippen molar-refractivity contribution in [2.45, 2.75) is 40.5 Å². The first-order chi connectivity index (χ1) is 12.5. The summed E-state index contributed by atoms with van der Waals surface area (Å²) < 4.78 is 6.22. The number of nitrogens with zero attached hydrogens (tertiary/aromatic N) is 2. The van der Waals surface area contributed by atoms with E-state index in [0.29, 0.717) is 11.8 Å². The van der Waals surface area contributed by atoms with E-state index in [2.05, 4.69) is 56.9 Å². The van der Waals surface area contributed by atoms with E-state index in [1.165, 1.54) is 11.1 Å². The molecular formula is C23H24N2O. The van der Waals surface area contributed by atoms with Crippen LogP contribution in [0, 0.1) is 19.8 Å². The largest absolute Gasteiger partial charge is 0.454 e. The molecule has 1 atom stereocenters. The molecule has 3 aromatic heterocycles. The van der Waals surface area contributed by atoms with Crippen LogP contribution in [-0.4, -0.2) is 9.97 Å². The molecule has 132 valence electrons. The molecule has 3 nitrogen and oxygen atoms in total. The number of aromatic nitrogens is 2. The zero-order valence-electron chi connectivity index (χ0n) is 16.0. The summed E-state index contributed by atoms with van der Waals surface area (Å²) in [6, 6.07) is 12.5. The molecule has 0 N–H and O–H groups in total. The van der Waals surface area contributed by atoms with Crippen molar-refractivity contribution in [3.05, 3.63) is 59.4 Å². The van der Waals surface area contributed by atoms with Gasteiger partial charge >= 0.3 is 0 Å². The zero-order chi connectivity index (χ0) is 18.4. The van der Waals surface area contributed by atoms with E-state index in [-0.39, 0.29) is 0 Å². The molecule has 1 unspecified atom stereocenters. The van der Waals surface area contributed by atoms with Gasteiger partial charge in [0.2, 0.25) is 0 Å². The van der Waals surface area contributed by atoms with Crippen LogP contribution in [0.4, 0.5) is 0 Å². The molecule has 3 heterocycles. The highest BCUT2D eigenvalue weighted by atomic mass is 16.3. The second-order valence-corrected chi connectivity index (χ2v) is 7.54. The first kappa shape index (κ1) is 16.8. The van der Waals surface area contributed by atoms with Gasteiger partial charge < -0.3 is 4.42 Å². The average molecular weight is 344 g/mol. The summed E-state index contributed by atoms with van der Waals surface area (Å²) in [5.41, 5.74) is 8.10. The Labute approximate surface area is 154 Å². The molecule has 0 bridgehead atoms. The molecule has 0 saturated heterocycles. The van der Waals surface area contributed by atoms with Crippen LogP contribution in [0.2, 0.25) is 0 Å². The van der Waals surface area contributed by atoms with Crippen molar-refractivity contribution in [2.24, 2.45) is 5.92 Å². The molecule has 4 rings (SSSR count). The zero-order valence-corrected chi connectivity index (χ0v) is 16.0. The predicted molar refractivity (Wildman–Crippen MR) is 107 cm³/mol. The van der Waals surface area contributed by atoms with Gasteiger partial charge in [0, 0.05) is 17.5 Å². The minimum atomic E-state index is 0.484. The third-order valence-corrected chi connectivity index (χ3v) is 5.40. The van der Waals surface area contributed by atoms with Crippen LogP contribution >= 0.6 is 0 Å². The quantitative estimate of drug-likeness (QED) is 0.430. The number of benzene rings is 1. The lowest BCUT2D eigenvalue weighted by molar-refractivity contribution is 0.535. The van der Waals surface area contributed by atoms with Gasteiger partial charge in [0.1, 0.15) is 11.1 Å². The minimum absolute atomic E-state index is 0.484. The van der Waals surface area contributed by atoms with E-state index in [1.54, 1.807) is 0 Å². The second-order valence-electron chi connectivity index (χ2n) is 7.54. The average Bonchev–Trinajstić information content (AvgIpc) is 3.00. The Morgan fingerprint density at radius 2 is 1.77 bits per heavy atom. The third kappa shape index (κ3) is 2.68.